The van der Waals surface area contributed by atoms with Crippen LogP contribution >= 0.6 is 0 Å². The van der Waals surface area contributed by atoms with Crippen molar-refractivity contribution >= 4 is 6.03 Å². The van der Waals surface area contributed by atoms with Crippen molar-refractivity contribution in [2.75, 3.05) is 26.3 Å². The molecule has 116 valence electrons. The number of hydrogen-bond donors (Lipinski definition) is 3. The average molecular weight is 284 g/mol. The van der Waals surface area contributed by atoms with Crippen LogP contribution in [-0.4, -0.2) is 43.0 Å². The first-order valence-corrected chi connectivity index (χ1v) is 7.48. The number of ether oxygens (including phenoxy) is 1. The molecule has 0 atom stereocenters. The summed E-state index contributed by atoms with van der Waals surface area (Å²) in [5.41, 5.74) is 0.231. The Morgan fingerprint density at radius 3 is 2.50 bits per heavy atom. The topological polar surface area (TPSA) is 70.6 Å². The molecule has 0 saturated heterocycles. The standard InChI is InChI=1S/C15H28N2O3/c1-13(2)11-20-10-9-16-14(18)17-12-15(19)7-5-3-4-6-8-15/h19H,1,3-12H2,2H3,(H2,16,17,18). The van der Waals surface area contributed by atoms with Crippen LogP contribution in [0.4, 0.5) is 4.79 Å². The van der Waals surface area contributed by atoms with Gasteiger partial charge in [-0.2, -0.15) is 0 Å². The van der Waals surface area contributed by atoms with Crippen molar-refractivity contribution in [3.05, 3.63) is 12.2 Å². The van der Waals surface area contributed by atoms with Gasteiger partial charge in [0.1, 0.15) is 0 Å². The highest BCUT2D eigenvalue weighted by Crippen LogP contribution is 2.26. The summed E-state index contributed by atoms with van der Waals surface area (Å²) in [4.78, 5) is 11.6. The summed E-state index contributed by atoms with van der Waals surface area (Å²) in [6.07, 6.45) is 5.97. The van der Waals surface area contributed by atoms with E-state index >= 15 is 0 Å². The van der Waals surface area contributed by atoms with E-state index in [0.717, 1.165) is 31.3 Å². The van der Waals surface area contributed by atoms with Crippen LogP contribution in [0.2, 0.25) is 0 Å². The molecule has 0 aromatic carbocycles. The molecular weight excluding hydrogens is 256 g/mol. The molecule has 5 nitrogen and oxygen atoms in total. The van der Waals surface area contributed by atoms with E-state index in [9.17, 15) is 9.90 Å². The van der Waals surface area contributed by atoms with Crippen molar-refractivity contribution in [1.29, 1.82) is 0 Å². The molecule has 0 radical (unpaired) electrons. The zero-order valence-corrected chi connectivity index (χ0v) is 12.5. The van der Waals surface area contributed by atoms with Gasteiger partial charge < -0.3 is 20.5 Å². The monoisotopic (exact) mass is 284 g/mol. The molecule has 0 aromatic heterocycles. The van der Waals surface area contributed by atoms with E-state index in [1.807, 2.05) is 6.92 Å². The molecule has 5 heteroatoms. The highest BCUT2D eigenvalue weighted by Gasteiger charge is 2.28. The Kier molecular flexibility index (Phi) is 7.62. The molecule has 20 heavy (non-hydrogen) atoms. The van der Waals surface area contributed by atoms with Crippen LogP contribution in [0.1, 0.15) is 45.4 Å². The fourth-order valence-electron chi connectivity index (χ4n) is 2.35. The van der Waals surface area contributed by atoms with Crippen molar-refractivity contribution in [2.45, 2.75) is 51.0 Å². The summed E-state index contributed by atoms with van der Waals surface area (Å²) in [7, 11) is 0. The Labute approximate surface area is 121 Å². The van der Waals surface area contributed by atoms with Crippen LogP contribution < -0.4 is 10.6 Å². The fourth-order valence-corrected chi connectivity index (χ4v) is 2.35. The molecule has 0 aliphatic heterocycles. The zero-order chi connectivity index (χ0) is 14.8. The molecule has 0 spiro atoms. The van der Waals surface area contributed by atoms with Crippen LogP contribution in [-0.2, 0) is 4.74 Å². The first-order chi connectivity index (χ1) is 9.52. The van der Waals surface area contributed by atoms with Gasteiger partial charge in [-0.1, -0.05) is 37.8 Å². The summed E-state index contributed by atoms with van der Waals surface area (Å²) in [6.45, 7) is 7.39. The number of amides is 2. The second-order valence-electron chi connectivity index (χ2n) is 5.76. The summed E-state index contributed by atoms with van der Waals surface area (Å²) in [5.74, 6) is 0. The fraction of sp³-hybridized carbons (Fsp3) is 0.800. The Morgan fingerprint density at radius 1 is 1.25 bits per heavy atom. The lowest BCUT2D eigenvalue weighted by atomic mass is 9.95. The Bertz CT molecular complexity index is 310. The van der Waals surface area contributed by atoms with Gasteiger partial charge in [0.2, 0.25) is 0 Å². The number of rotatable bonds is 7. The third kappa shape index (κ3) is 7.50. The molecule has 1 saturated carbocycles. The first kappa shape index (κ1) is 17.0. The van der Waals surface area contributed by atoms with Crippen LogP contribution in [0.3, 0.4) is 0 Å². The van der Waals surface area contributed by atoms with Gasteiger partial charge >= 0.3 is 6.03 Å². The average Bonchev–Trinajstić information content (AvgIpc) is 2.61. The zero-order valence-electron chi connectivity index (χ0n) is 12.5. The molecular formula is C15H28N2O3. The summed E-state index contributed by atoms with van der Waals surface area (Å²) in [6, 6.07) is -0.249. The van der Waals surface area contributed by atoms with Gasteiger partial charge in [0.15, 0.2) is 0 Å². The molecule has 1 fully saturated rings. The van der Waals surface area contributed by atoms with E-state index in [0.29, 0.717) is 26.3 Å². The third-order valence-electron chi connectivity index (χ3n) is 3.49. The smallest absolute Gasteiger partial charge is 0.314 e. The number of carbonyl (C=O) groups excluding carboxylic acids is 1. The van der Waals surface area contributed by atoms with Gasteiger partial charge in [-0.3, -0.25) is 0 Å². The quantitative estimate of drug-likeness (QED) is 0.380. The molecule has 1 rings (SSSR count). The minimum Gasteiger partial charge on any atom is -0.388 e. The Balaban J connectivity index is 2.11. The molecule has 3 N–H and O–H groups in total. The molecule has 2 amide bonds. The van der Waals surface area contributed by atoms with E-state index < -0.39 is 5.60 Å². The third-order valence-corrected chi connectivity index (χ3v) is 3.49. The van der Waals surface area contributed by atoms with Crippen LogP contribution in [0.5, 0.6) is 0 Å². The molecule has 1 aliphatic rings. The van der Waals surface area contributed by atoms with Crippen LogP contribution in [0.25, 0.3) is 0 Å². The molecule has 0 aromatic rings. The number of carbonyl (C=O) groups is 1. The number of hydrogen-bond acceptors (Lipinski definition) is 3. The van der Waals surface area contributed by atoms with Crippen molar-refractivity contribution in [3.63, 3.8) is 0 Å². The van der Waals surface area contributed by atoms with Gasteiger partial charge in [-0.25, -0.2) is 4.79 Å². The number of nitrogens with one attached hydrogen (secondary N) is 2. The predicted molar refractivity (Wildman–Crippen MR) is 79.7 cm³/mol. The normalized spacial score (nSPS) is 18.1. The Hall–Kier alpha value is -1.07. The van der Waals surface area contributed by atoms with Gasteiger partial charge in [0.25, 0.3) is 0 Å². The highest BCUT2D eigenvalue weighted by molar-refractivity contribution is 5.73. The molecule has 0 unspecified atom stereocenters. The second kappa shape index (κ2) is 8.97. The van der Waals surface area contributed by atoms with E-state index in [2.05, 4.69) is 17.2 Å². The molecule has 1 aliphatic carbocycles. The minimum atomic E-state index is -0.732. The minimum absolute atomic E-state index is 0.249. The van der Waals surface area contributed by atoms with E-state index in [-0.39, 0.29) is 6.03 Å². The summed E-state index contributed by atoms with van der Waals surface area (Å²) in [5, 5.41) is 15.9. The summed E-state index contributed by atoms with van der Waals surface area (Å²) >= 11 is 0. The van der Waals surface area contributed by atoms with Crippen LogP contribution in [0.15, 0.2) is 12.2 Å². The predicted octanol–water partition coefficient (Wildman–Crippen LogP) is 1.96. The maximum atomic E-state index is 11.6. The first-order valence-electron chi connectivity index (χ1n) is 7.48. The van der Waals surface area contributed by atoms with Crippen molar-refractivity contribution in [2.24, 2.45) is 0 Å². The van der Waals surface area contributed by atoms with Crippen molar-refractivity contribution in [3.8, 4) is 0 Å². The van der Waals surface area contributed by atoms with Crippen molar-refractivity contribution < 1.29 is 14.6 Å². The summed E-state index contributed by atoms with van der Waals surface area (Å²) < 4.78 is 5.28. The van der Waals surface area contributed by atoms with Crippen LogP contribution in [0, 0.1) is 0 Å². The number of urea groups is 1. The molecule has 0 heterocycles. The molecule has 0 bridgehead atoms. The SMILES string of the molecule is C=C(C)COCCNC(=O)NCC1(O)CCCCCC1. The Morgan fingerprint density at radius 2 is 1.90 bits per heavy atom. The van der Waals surface area contributed by atoms with E-state index in [1.165, 1.54) is 12.8 Å². The largest absolute Gasteiger partial charge is 0.388 e. The van der Waals surface area contributed by atoms with Gasteiger partial charge in [0, 0.05) is 13.1 Å². The lowest BCUT2D eigenvalue weighted by molar-refractivity contribution is 0.0276. The lowest BCUT2D eigenvalue weighted by Crippen LogP contribution is -2.46. The van der Waals surface area contributed by atoms with Gasteiger partial charge in [-0.05, 0) is 19.8 Å². The van der Waals surface area contributed by atoms with Gasteiger partial charge in [-0.15, -0.1) is 0 Å². The van der Waals surface area contributed by atoms with E-state index in [4.69, 9.17) is 4.74 Å². The maximum absolute atomic E-state index is 11.6. The lowest BCUT2D eigenvalue weighted by Gasteiger charge is -2.26. The van der Waals surface area contributed by atoms with E-state index in [1.54, 1.807) is 0 Å². The van der Waals surface area contributed by atoms with Gasteiger partial charge in [0.05, 0.1) is 18.8 Å². The maximum Gasteiger partial charge on any atom is 0.314 e. The number of aliphatic hydroxyl groups is 1. The van der Waals surface area contributed by atoms with Crippen molar-refractivity contribution in [1.82, 2.24) is 10.6 Å². The highest BCUT2D eigenvalue weighted by atomic mass is 16.5. The second-order valence-corrected chi connectivity index (χ2v) is 5.76.